The van der Waals surface area contributed by atoms with Gasteiger partial charge in [-0.2, -0.15) is 9.57 Å². The first-order valence-electron chi connectivity index (χ1n) is 10.4. The Bertz CT molecular complexity index is 1070. The second-order valence-electron chi connectivity index (χ2n) is 8.10. The van der Waals surface area contributed by atoms with E-state index in [1.807, 2.05) is 13.0 Å². The predicted octanol–water partition coefficient (Wildman–Crippen LogP) is 3.77. The third-order valence-corrected chi connectivity index (χ3v) is 7.49. The summed E-state index contributed by atoms with van der Waals surface area (Å²) in [6, 6.07) is 17.5. The number of carbonyl (C=O) groups excluding carboxylic acids is 2. The number of hydrogen-bond acceptors (Lipinski definition) is 5. The van der Waals surface area contributed by atoms with E-state index in [4.69, 9.17) is 0 Å². The molecule has 162 valence electrons. The van der Waals surface area contributed by atoms with Crippen molar-refractivity contribution in [3.63, 3.8) is 0 Å². The molecule has 1 aliphatic heterocycles. The van der Waals surface area contributed by atoms with Crippen molar-refractivity contribution in [2.75, 3.05) is 13.1 Å². The van der Waals surface area contributed by atoms with Gasteiger partial charge in [-0.1, -0.05) is 48.0 Å². The van der Waals surface area contributed by atoms with Crippen molar-refractivity contribution in [3.05, 3.63) is 65.7 Å². The molecule has 2 aromatic carbocycles. The number of sulfonamides is 1. The monoisotopic (exact) mass is 438 g/mol. The molecule has 0 aliphatic carbocycles. The van der Waals surface area contributed by atoms with Gasteiger partial charge in [-0.25, -0.2) is 8.42 Å². The highest BCUT2D eigenvalue weighted by Gasteiger charge is 2.33. The minimum atomic E-state index is -3.57. The Morgan fingerprint density at radius 2 is 1.77 bits per heavy atom. The van der Waals surface area contributed by atoms with E-state index in [1.165, 1.54) is 4.31 Å². The predicted molar refractivity (Wildman–Crippen MR) is 117 cm³/mol. The molecule has 1 heterocycles. The maximum atomic E-state index is 12.8. The van der Waals surface area contributed by atoms with E-state index < -0.39 is 15.9 Å². The Balaban J connectivity index is 1.53. The molecule has 0 amide bonds. The number of benzene rings is 2. The van der Waals surface area contributed by atoms with E-state index in [-0.39, 0.29) is 41.6 Å². The molecule has 31 heavy (non-hydrogen) atoms. The van der Waals surface area contributed by atoms with Gasteiger partial charge in [0.15, 0.2) is 5.78 Å². The van der Waals surface area contributed by atoms with Crippen LogP contribution in [0, 0.1) is 30.1 Å². The molecule has 1 saturated heterocycles. The van der Waals surface area contributed by atoms with E-state index >= 15 is 0 Å². The zero-order valence-corrected chi connectivity index (χ0v) is 18.3. The summed E-state index contributed by atoms with van der Waals surface area (Å²) in [7, 11) is -3.57. The summed E-state index contributed by atoms with van der Waals surface area (Å²) in [6.07, 6.45) is 0.843. The standard InChI is InChI=1S/C24H26N2O4S/c1-18-7-9-23(10-8-18)31(29,30)26-12-11-19(17-26)13-22(27)14-20(16-25)15-24(28)21-5-3-2-4-6-21/h2-10,19-20H,11-15,17H2,1H3. The Morgan fingerprint density at radius 3 is 2.42 bits per heavy atom. The van der Waals surface area contributed by atoms with Gasteiger partial charge in [0.05, 0.1) is 16.9 Å². The van der Waals surface area contributed by atoms with E-state index in [0.29, 0.717) is 25.1 Å². The van der Waals surface area contributed by atoms with Crippen LogP contribution in [0.25, 0.3) is 0 Å². The first kappa shape index (κ1) is 22.9. The summed E-state index contributed by atoms with van der Waals surface area (Å²) in [4.78, 5) is 25.1. The highest BCUT2D eigenvalue weighted by atomic mass is 32.2. The van der Waals surface area contributed by atoms with Crippen molar-refractivity contribution in [1.82, 2.24) is 4.31 Å². The molecule has 6 nitrogen and oxygen atoms in total. The van der Waals surface area contributed by atoms with Crippen molar-refractivity contribution in [2.24, 2.45) is 11.8 Å². The van der Waals surface area contributed by atoms with Gasteiger partial charge in [-0.05, 0) is 31.4 Å². The minimum Gasteiger partial charge on any atom is -0.300 e. The van der Waals surface area contributed by atoms with E-state index in [2.05, 4.69) is 6.07 Å². The molecule has 0 aromatic heterocycles. The van der Waals surface area contributed by atoms with Crippen LogP contribution in [0.5, 0.6) is 0 Å². The fourth-order valence-corrected chi connectivity index (χ4v) is 5.38. The number of carbonyl (C=O) groups is 2. The molecule has 0 saturated carbocycles. The number of ketones is 2. The third-order valence-electron chi connectivity index (χ3n) is 5.61. The van der Waals surface area contributed by atoms with Gasteiger partial charge in [0.1, 0.15) is 5.78 Å². The Morgan fingerprint density at radius 1 is 1.10 bits per heavy atom. The Hall–Kier alpha value is -2.82. The van der Waals surface area contributed by atoms with Crippen molar-refractivity contribution >= 4 is 21.6 Å². The van der Waals surface area contributed by atoms with Crippen LogP contribution in [0.15, 0.2) is 59.5 Å². The molecular weight excluding hydrogens is 412 g/mol. The molecule has 2 unspecified atom stereocenters. The summed E-state index contributed by atoms with van der Waals surface area (Å²) < 4.78 is 27.1. The van der Waals surface area contributed by atoms with Gasteiger partial charge in [0.25, 0.3) is 0 Å². The molecule has 7 heteroatoms. The zero-order chi connectivity index (χ0) is 22.4. The quantitative estimate of drug-likeness (QED) is 0.556. The highest BCUT2D eigenvalue weighted by molar-refractivity contribution is 7.89. The fraction of sp³-hybridized carbons (Fsp3) is 0.375. The van der Waals surface area contributed by atoms with Crippen LogP contribution in [0.2, 0.25) is 0 Å². The molecule has 2 aromatic rings. The maximum Gasteiger partial charge on any atom is 0.243 e. The van der Waals surface area contributed by atoms with Crippen molar-refractivity contribution in [3.8, 4) is 6.07 Å². The number of aryl methyl sites for hydroxylation is 1. The average Bonchev–Trinajstić information content (AvgIpc) is 3.23. The molecule has 2 atom stereocenters. The Labute approximate surface area is 183 Å². The number of hydrogen-bond donors (Lipinski definition) is 0. The summed E-state index contributed by atoms with van der Waals surface area (Å²) in [6.45, 7) is 2.57. The van der Waals surface area contributed by atoms with Gasteiger partial charge in [-0.15, -0.1) is 0 Å². The van der Waals surface area contributed by atoms with Crippen LogP contribution < -0.4 is 0 Å². The van der Waals surface area contributed by atoms with Crippen molar-refractivity contribution in [1.29, 1.82) is 5.26 Å². The molecule has 1 aliphatic rings. The number of nitrogens with zero attached hydrogens (tertiary/aromatic N) is 2. The molecule has 0 bridgehead atoms. The second-order valence-corrected chi connectivity index (χ2v) is 10.0. The molecule has 1 fully saturated rings. The second kappa shape index (κ2) is 9.99. The largest absolute Gasteiger partial charge is 0.300 e. The summed E-state index contributed by atoms with van der Waals surface area (Å²) in [5.74, 6) is -1.01. The van der Waals surface area contributed by atoms with E-state index in [0.717, 1.165) is 5.56 Å². The van der Waals surface area contributed by atoms with Crippen molar-refractivity contribution < 1.29 is 18.0 Å². The Kier molecular flexibility index (Phi) is 7.37. The smallest absolute Gasteiger partial charge is 0.243 e. The minimum absolute atomic E-state index is 0.00481. The van der Waals surface area contributed by atoms with Crippen LogP contribution in [0.3, 0.4) is 0 Å². The van der Waals surface area contributed by atoms with Gasteiger partial charge in [0, 0.05) is 37.9 Å². The lowest BCUT2D eigenvalue weighted by molar-refractivity contribution is -0.120. The summed E-state index contributed by atoms with van der Waals surface area (Å²) in [5, 5.41) is 9.38. The zero-order valence-electron chi connectivity index (χ0n) is 17.5. The lowest BCUT2D eigenvalue weighted by Crippen LogP contribution is -2.29. The number of nitriles is 1. The maximum absolute atomic E-state index is 12.8. The summed E-state index contributed by atoms with van der Waals surface area (Å²) >= 11 is 0. The van der Waals surface area contributed by atoms with E-state index in [9.17, 15) is 23.3 Å². The molecule has 3 rings (SSSR count). The van der Waals surface area contributed by atoms with Gasteiger partial charge in [-0.3, -0.25) is 9.59 Å². The number of rotatable bonds is 9. The first-order chi connectivity index (χ1) is 14.8. The summed E-state index contributed by atoms with van der Waals surface area (Å²) in [5.41, 5.74) is 1.52. The van der Waals surface area contributed by atoms with Gasteiger partial charge >= 0.3 is 0 Å². The molecule has 0 N–H and O–H groups in total. The topological polar surface area (TPSA) is 95.3 Å². The fourth-order valence-electron chi connectivity index (χ4n) is 3.85. The van der Waals surface area contributed by atoms with Crippen LogP contribution in [0.1, 0.15) is 41.6 Å². The SMILES string of the molecule is Cc1ccc(S(=O)(=O)N2CCC(CC(=O)CC(C#N)CC(=O)c3ccccc3)C2)cc1. The molecule has 0 radical (unpaired) electrons. The highest BCUT2D eigenvalue weighted by Crippen LogP contribution is 2.27. The average molecular weight is 439 g/mol. The van der Waals surface area contributed by atoms with Crippen LogP contribution in [-0.2, 0) is 14.8 Å². The van der Waals surface area contributed by atoms with Crippen LogP contribution in [0.4, 0.5) is 0 Å². The van der Waals surface area contributed by atoms with Gasteiger partial charge < -0.3 is 0 Å². The lowest BCUT2D eigenvalue weighted by atomic mass is 9.91. The van der Waals surface area contributed by atoms with Crippen molar-refractivity contribution in [2.45, 2.75) is 37.5 Å². The third kappa shape index (κ3) is 5.87. The number of Topliss-reactive ketones (excluding diaryl/α,β-unsaturated/α-hetero) is 2. The molecular formula is C24H26N2O4S. The normalized spacial score (nSPS) is 17.7. The van der Waals surface area contributed by atoms with Gasteiger partial charge in [0.2, 0.25) is 10.0 Å². The van der Waals surface area contributed by atoms with Crippen LogP contribution >= 0.6 is 0 Å². The lowest BCUT2D eigenvalue weighted by Gasteiger charge is -2.17. The van der Waals surface area contributed by atoms with E-state index in [1.54, 1.807) is 48.5 Å². The molecule has 0 spiro atoms. The van der Waals surface area contributed by atoms with Crippen LogP contribution in [-0.4, -0.2) is 37.4 Å². The first-order valence-corrected chi connectivity index (χ1v) is 11.8.